The highest BCUT2D eigenvalue weighted by molar-refractivity contribution is 7.18. The number of thiazole rings is 1. The summed E-state index contributed by atoms with van der Waals surface area (Å²) in [4.78, 5) is 31.6. The largest absolute Gasteiger partial charge is 0.325 e. The van der Waals surface area contributed by atoms with Crippen LogP contribution in [0.2, 0.25) is 0 Å². The van der Waals surface area contributed by atoms with E-state index in [0.29, 0.717) is 12.8 Å². The third-order valence-corrected chi connectivity index (χ3v) is 6.33. The minimum atomic E-state index is -0.803. The van der Waals surface area contributed by atoms with Gasteiger partial charge in [0.1, 0.15) is 10.5 Å². The number of fused-ring (bicyclic) bond motifs is 2. The van der Waals surface area contributed by atoms with E-state index >= 15 is 0 Å². The van der Waals surface area contributed by atoms with Gasteiger partial charge >= 0.3 is 6.03 Å². The summed E-state index contributed by atoms with van der Waals surface area (Å²) in [6.07, 6.45) is 2.01. The zero-order valence-corrected chi connectivity index (χ0v) is 14.9. The molecular formula is C20H17N3O2S. The van der Waals surface area contributed by atoms with Crippen LogP contribution in [0.3, 0.4) is 0 Å². The fourth-order valence-corrected chi connectivity index (χ4v) is 4.92. The third-order valence-electron chi connectivity index (χ3n) is 5.31. The first kappa shape index (κ1) is 15.5. The highest BCUT2D eigenvalue weighted by Crippen LogP contribution is 2.34. The van der Waals surface area contributed by atoms with Crippen molar-refractivity contribution in [3.63, 3.8) is 0 Å². The van der Waals surface area contributed by atoms with Crippen LogP contribution < -0.4 is 5.32 Å². The topological polar surface area (TPSA) is 62.3 Å². The summed E-state index contributed by atoms with van der Waals surface area (Å²) in [5, 5.41) is 3.76. The molecular weight excluding hydrogens is 346 g/mol. The van der Waals surface area contributed by atoms with Gasteiger partial charge in [0.15, 0.2) is 0 Å². The van der Waals surface area contributed by atoms with Crippen LogP contribution in [-0.2, 0) is 24.2 Å². The van der Waals surface area contributed by atoms with Gasteiger partial charge in [-0.05, 0) is 36.1 Å². The van der Waals surface area contributed by atoms with Crippen LogP contribution in [0.15, 0.2) is 48.5 Å². The predicted molar refractivity (Wildman–Crippen MR) is 99.9 cm³/mol. The van der Waals surface area contributed by atoms with Gasteiger partial charge in [0.25, 0.3) is 5.91 Å². The molecule has 130 valence electrons. The second-order valence-electron chi connectivity index (χ2n) is 6.92. The molecule has 1 aliphatic carbocycles. The summed E-state index contributed by atoms with van der Waals surface area (Å²) < 4.78 is 1.07. The minimum absolute atomic E-state index is 0.128. The fourth-order valence-electron chi connectivity index (χ4n) is 3.97. The normalized spacial score (nSPS) is 22.1. The molecule has 1 aromatic heterocycles. The van der Waals surface area contributed by atoms with Crippen molar-refractivity contribution >= 4 is 33.5 Å². The Morgan fingerprint density at radius 3 is 2.69 bits per heavy atom. The first-order valence-electron chi connectivity index (χ1n) is 8.70. The third kappa shape index (κ3) is 2.33. The maximum absolute atomic E-state index is 13.1. The lowest BCUT2D eigenvalue weighted by Gasteiger charge is -2.32. The van der Waals surface area contributed by atoms with Gasteiger partial charge < -0.3 is 5.32 Å². The van der Waals surface area contributed by atoms with Crippen LogP contribution in [-0.4, -0.2) is 27.4 Å². The van der Waals surface area contributed by atoms with Gasteiger partial charge in [-0.25, -0.2) is 9.78 Å². The standard InChI is InChI=1S/C20H17N3O2S/c24-18-20(10-9-13-5-1-2-6-14(13)11-20)22-19(25)23(18)12-17-21-15-7-3-4-8-16(15)26-17/h1-8H,9-12H2,(H,22,25)/t20-/m0/s1. The summed E-state index contributed by atoms with van der Waals surface area (Å²) in [6, 6.07) is 15.7. The van der Waals surface area contributed by atoms with Crippen molar-refractivity contribution in [1.29, 1.82) is 0 Å². The molecule has 0 radical (unpaired) electrons. The van der Waals surface area contributed by atoms with E-state index in [1.807, 2.05) is 42.5 Å². The monoisotopic (exact) mass is 363 g/mol. The highest BCUT2D eigenvalue weighted by Gasteiger charge is 2.52. The van der Waals surface area contributed by atoms with Crippen LogP contribution in [0, 0.1) is 0 Å². The van der Waals surface area contributed by atoms with Crippen molar-refractivity contribution in [2.75, 3.05) is 0 Å². The lowest BCUT2D eigenvalue weighted by Crippen LogP contribution is -2.51. The smallest absolute Gasteiger partial charge is 0.323 e. The van der Waals surface area contributed by atoms with Crippen LogP contribution in [0.5, 0.6) is 0 Å². The average Bonchev–Trinajstić information content (AvgIpc) is 3.16. The minimum Gasteiger partial charge on any atom is -0.323 e. The molecule has 5 rings (SSSR count). The molecule has 1 spiro atoms. The first-order chi connectivity index (χ1) is 12.6. The number of benzene rings is 2. The number of imide groups is 1. The van der Waals surface area contributed by atoms with E-state index < -0.39 is 5.54 Å². The van der Waals surface area contributed by atoms with Gasteiger partial charge in [0, 0.05) is 6.42 Å². The molecule has 0 saturated carbocycles. The maximum atomic E-state index is 13.1. The van der Waals surface area contributed by atoms with E-state index in [9.17, 15) is 9.59 Å². The second kappa shape index (κ2) is 5.64. The van der Waals surface area contributed by atoms with Gasteiger partial charge in [0.05, 0.1) is 16.8 Å². The van der Waals surface area contributed by atoms with Crippen molar-refractivity contribution < 1.29 is 9.59 Å². The Bertz CT molecular complexity index is 1010. The molecule has 3 aromatic rings. The summed E-state index contributed by atoms with van der Waals surface area (Å²) in [5.74, 6) is -0.128. The molecule has 2 aliphatic rings. The van der Waals surface area contributed by atoms with Crippen LogP contribution >= 0.6 is 11.3 Å². The van der Waals surface area contributed by atoms with Crippen molar-refractivity contribution in [1.82, 2.24) is 15.2 Å². The van der Waals surface area contributed by atoms with Gasteiger partial charge in [0.2, 0.25) is 0 Å². The quantitative estimate of drug-likeness (QED) is 0.711. The first-order valence-corrected chi connectivity index (χ1v) is 9.52. The Balaban J connectivity index is 1.43. The molecule has 3 amide bonds. The number of para-hydroxylation sites is 1. The average molecular weight is 363 g/mol. The van der Waals surface area contributed by atoms with E-state index in [4.69, 9.17) is 0 Å². The molecule has 6 heteroatoms. The van der Waals surface area contributed by atoms with Gasteiger partial charge in [-0.1, -0.05) is 36.4 Å². The molecule has 0 unspecified atom stereocenters. The van der Waals surface area contributed by atoms with Crippen molar-refractivity contribution in [3.8, 4) is 0 Å². The van der Waals surface area contributed by atoms with E-state index in [0.717, 1.165) is 27.2 Å². The number of aryl methyl sites for hydroxylation is 1. The van der Waals surface area contributed by atoms with Crippen LogP contribution in [0.25, 0.3) is 10.2 Å². The zero-order chi connectivity index (χ0) is 17.7. The number of nitrogens with zero attached hydrogens (tertiary/aromatic N) is 2. The lowest BCUT2D eigenvalue weighted by molar-refractivity contribution is -0.132. The van der Waals surface area contributed by atoms with E-state index in [-0.39, 0.29) is 18.5 Å². The molecule has 2 aromatic carbocycles. The van der Waals surface area contributed by atoms with Crippen LogP contribution in [0.4, 0.5) is 4.79 Å². The number of urea groups is 1. The number of nitrogens with one attached hydrogen (secondary N) is 1. The Hall–Kier alpha value is -2.73. The van der Waals surface area contributed by atoms with E-state index in [1.54, 1.807) is 0 Å². The molecule has 1 fully saturated rings. The summed E-state index contributed by atoms with van der Waals surface area (Å²) in [6.45, 7) is 0.230. The maximum Gasteiger partial charge on any atom is 0.325 e. The molecule has 2 heterocycles. The number of hydrogen-bond donors (Lipinski definition) is 1. The Labute approximate surface area is 154 Å². The van der Waals surface area contributed by atoms with E-state index in [1.165, 1.54) is 21.8 Å². The predicted octanol–water partition coefficient (Wildman–Crippen LogP) is 3.28. The molecule has 0 bridgehead atoms. The van der Waals surface area contributed by atoms with Crippen molar-refractivity contribution in [2.45, 2.75) is 31.3 Å². The molecule has 1 atom stereocenters. The second-order valence-corrected chi connectivity index (χ2v) is 8.04. The number of aromatic nitrogens is 1. The molecule has 26 heavy (non-hydrogen) atoms. The molecule has 1 N–H and O–H groups in total. The van der Waals surface area contributed by atoms with Gasteiger partial charge in [-0.15, -0.1) is 11.3 Å². The highest BCUT2D eigenvalue weighted by atomic mass is 32.1. The Kier molecular flexibility index (Phi) is 3.37. The van der Waals surface area contributed by atoms with E-state index in [2.05, 4.69) is 16.4 Å². The Morgan fingerprint density at radius 1 is 1.08 bits per heavy atom. The van der Waals surface area contributed by atoms with Crippen molar-refractivity contribution in [2.24, 2.45) is 0 Å². The fraction of sp³-hybridized carbons (Fsp3) is 0.250. The number of rotatable bonds is 2. The molecule has 5 nitrogen and oxygen atoms in total. The van der Waals surface area contributed by atoms with Crippen LogP contribution in [0.1, 0.15) is 22.6 Å². The lowest BCUT2D eigenvalue weighted by atomic mass is 9.78. The summed E-state index contributed by atoms with van der Waals surface area (Å²) in [5.41, 5.74) is 2.52. The van der Waals surface area contributed by atoms with Crippen molar-refractivity contribution in [3.05, 3.63) is 64.7 Å². The Morgan fingerprint density at radius 2 is 1.85 bits per heavy atom. The molecule has 1 aliphatic heterocycles. The summed E-state index contributed by atoms with van der Waals surface area (Å²) >= 11 is 1.53. The SMILES string of the molecule is O=C1N[C@]2(CCc3ccccc3C2)C(=O)N1Cc1nc2ccccc2s1. The molecule has 1 saturated heterocycles. The number of carbonyl (C=O) groups excluding carboxylic acids is 2. The number of hydrogen-bond acceptors (Lipinski definition) is 4. The number of amides is 3. The van der Waals surface area contributed by atoms with Gasteiger partial charge in [-0.2, -0.15) is 0 Å². The zero-order valence-electron chi connectivity index (χ0n) is 14.1. The number of carbonyl (C=O) groups is 2. The summed E-state index contributed by atoms with van der Waals surface area (Å²) in [7, 11) is 0. The van der Waals surface area contributed by atoms with Gasteiger partial charge in [-0.3, -0.25) is 9.69 Å².